The van der Waals surface area contributed by atoms with Gasteiger partial charge in [0.05, 0.1) is 6.04 Å². The predicted molar refractivity (Wildman–Crippen MR) is 65.3 cm³/mol. The van der Waals surface area contributed by atoms with Crippen LogP contribution in [-0.2, 0) is 0 Å². The minimum Gasteiger partial charge on any atom is -0.486 e. The van der Waals surface area contributed by atoms with E-state index in [1.807, 2.05) is 18.2 Å². The molecule has 0 saturated carbocycles. The fraction of sp³-hybridized carbons (Fsp3) is 0.429. The molecule has 1 heterocycles. The molecule has 1 N–H and O–H groups in total. The van der Waals surface area contributed by atoms with E-state index < -0.39 is 0 Å². The summed E-state index contributed by atoms with van der Waals surface area (Å²) in [4.78, 5) is 0. The Bertz CT molecular complexity index is 417. The van der Waals surface area contributed by atoms with Crippen LogP contribution in [0.2, 0.25) is 0 Å². The maximum absolute atomic E-state index is 5.92. The average molecular weight is 215 g/mol. The molecule has 2 heteroatoms. The van der Waals surface area contributed by atoms with E-state index in [1.165, 1.54) is 5.56 Å². The van der Waals surface area contributed by atoms with Gasteiger partial charge in [0.1, 0.15) is 11.4 Å². The molecular weight excluding hydrogens is 198 g/mol. The average Bonchev–Trinajstić information content (AvgIpc) is 2.50. The smallest absolute Gasteiger partial charge is 0.125 e. The van der Waals surface area contributed by atoms with Crippen LogP contribution in [0, 0.1) is 12.3 Å². The Morgan fingerprint density at radius 3 is 2.94 bits per heavy atom. The Balaban J connectivity index is 2.19. The Morgan fingerprint density at radius 2 is 2.19 bits per heavy atom. The van der Waals surface area contributed by atoms with E-state index in [0.29, 0.717) is 0 Å². The number of benzene rings is 1. The molecule has 1 unspecified atom stereocenters. The lowest BCUT2D eigenvalue weighted by atomic mass is 9.94. The first kappa shape index (κ1) is 11.0. The van der Waals surface area contributed by atoms with Crippen molar-refractivity contribution in [2.24, 2.45) is 0 Å². The second-order valence-corrected chi connectivity index (χ2v) is 4.58. The van der Waals surface area contributed by atoms with E-state index in [2.05, 4.69) is 31.2 Å². The zero-order chi connectivity index (χ0) is 11.6. The van der Waals surface area contributed by atoms with E-state index in [9.17, 15) is 0 Å². The number of ether oxygens (including phenoxy) is 1. The fourth-order valence-corrected chi connectivity index (χ4v) is 2.17. The third-order valence-corrected chi connectivity index (χ3v) is 2.92. The molecule has 0 spiro atoms. The number of terminal acetylenes is 1. The van der Waals surface area contributed by atoms with Gasteiger partial charge in [0.2, 0.25) is 0 Å². The van der Waals surface area contributed by atoms with Crippen LogP contribution < -0.4 is 10.1 Å². The molecule has 0 fully saturated rings. The molecule has 84 valence electrons. The van der Waals surface area contributed by atoms with Gasteiger partial charge in [-0.1, -0.05) is 18.2 Å². The molecule has 0 aromatic heterocycles. The highest BCUT2D eigenvalue weighted by atomic mass is 16.5. The molecule has 1 aromatic rings. The van der Waals surface area contributed by atoms with Crippen LogP contribution in [0.5, 0.6) is 5.75 Å². The summed E-state index contributed by atoms with van der Waals surface area (Å²) in [7, 11) is 0. The van der Waals surface area contributed by atoms with Gasteiger partial charge in [0.25, 0.3) is 0 Å². The van der Waals surface area contributed by atoms with Gasteiger partial charge in [-0.15, -0.1) is 12.3 Å². The summed E-state index contributed by atoms with van der Waals surface area (Å²) in [5, 5.41) is 3.46. The number of rotatable bonds is 3. The van der Waals surface area contributed by atoms with Crippen molar-refractivity contribution in [2.45, 2.75) is 31.9 Å². The van der Waals surface area contributed by atoms with Gasteiger partial charge in [-0.25, -0.2) is 0 Å². The summed E-state index contributed by atoms with van der Waals surface area (Å²) in [6.45, 7) is 5.02. The maximum Gasteiger partial charge on any atom is 0.125 e. The number of para-hydroxylation sites is 1. The molecule has 1 aromatic carbocycles. The molecule has 0 bridgehead atoms. The number of fused-ring (bicyclic) bond motifs is 1. The van der Waals surface area contributed by atoms with Crippen LogP contribution in [0.15, 0.2) is 24.3 Å². The molecular formula is C14H17NO. The van der Waals surface area contributed by atoms with E-state index in [1.54, 1.807) is 0 Å². The minimum atomic E-state index is -0.210. The summed E-state index contributed by atoms with van der Waals surface area (Å²) in [5.41, 5.74) is 1.02. The largest absolute Gasteiger partial charge is 0.486 e. The quantitative estimate of drug-likeness (QED) is 0.618. The topological polar surface area (TPSA) is 21.3 Å². The second kappa shape index (κ2) is 4.19. The number of nitrogens with one attached hydrogen (secondary N) is 1. The van der Waals surface area contributed by atoms with Gasteiger partial charge in [-0.3, -0.25) is 0 Å². The first-order chi connectivity index (χ1) is 7.65. The lowest BCUT2D eigenvalue weighted by molar-refractivity contribution is 0.0969. The van der Waals surface area contributed by atoms with Crippen molar-refractivity contribution in [2.75, 3.05) is 6.54 Å². The van der Waals surface area contributed by atoms with Crippen LogP contribution >= 0.6 is 0 Å². The van der Waals surface area contributed by atoms with Crippen LogP contribution in [-0.4, -0.2) is 12.1 Å². The first-order valence-corrected chi connectivity index (χ1v) is 5.60. The van der Waals surface area contributed by atoms with E-state index in [0.717, 1.165) is 18.7 Å². The van der Waals surface area contributed by atoms with Gasteiger partial charge >= 0.3 is 0 Å². The summed E-state index contributed by atoms with van der Waals surface area (Å²) >= 11 is 0. The number of hydrogen-bond donors (Lipinski definition) is 1. The van der Waals surface area contributed by atoms with Crippen molar-refractivity contribution in [1.82, 2.24) is 5.32 Å². The zero-order valence-electron chi connectivity index (χ0n) is 9.79. The molecule has 1 aliphatic heterocycles. The fourth-order valence-electron chi connectivity index (χ4n) is 2.17. The Kier molecular flexibility index (Phi) is 2.89. The molecule has 0 saturated heterocycles. The second-order valence-electron chi connectivity index (χ2n) is 4.58. The molecule has 1 atom stereocenters. The van der Waals surface area contributed by atoms with Crippen molar-refractivity contribution >= 4 is 0 Å². The van der Waals surface area contributed by atoms with Crippen molar-refractivity contribution in [1.29, 1.82) is 0 Å². The van der Waals surface area contributed by atoms with Crippen LogP contribution in [0.25, 0.3) is 0 Å². The lowest BCUT2D eigenvalue weighted by Gasteiger charge is -2.27. The van der Waals surface area contributed by atoms with Crippen molar-refractivity contribution in [3.63, 3.8) is 0 Å². The Hall–Kier alpha value is -1.46. The van der Waals surface area contributed by atoms with Crippen molar-refractivity contribution in [3.05, 3.63) is 29.8 Å². The van der Waals surface area contributed by atoms with Crippen LogP contribution in [0.4, 0.5) is 0 Å². The Morgan fingerprint density at radius 1 is 1.44 bits per heavy atom. The normalized spacial score (nSPS) is 20.9. The molecule has 0 radical (unpaired) electrons. The van der Waals surface area contributed by atoms with Gasteiger partial charge in [0.15, 0.2) is 0 Å². The zero-order valence-corrected chi connectivity index (χ0v) is 9.79. The van der Waals surface area contributed by atoms with E-state index in [-0.39, 0.29) is 11.6 Å². The van der Waals surface area contributed by atoms with E-state index >= 15 is 0 Å². The van der Waals surface area contributed by atoms with Crippen LogP contribution in [0.3, 0.4) is 0 Å². The van der Waals surface area contributed by atoms with Crippen molar-refractivity contribution < 1.29 is 4.74 Å². The molecule has 2 rings (SSSR count). The highest BCUT2D eigenvalue weighted by Gasteiger charge is 2.40. The molecule has 1 aliphatic rings. The third-order valence-electron chi connectivity index (χ3n) is 2.92. The predicted octanol–water partition coefficient (Wildman–Crippen LogP) is 2.51. The summed E-state index contributed by atoms with van der Waals surface area (Å²) in [5.74, 6) is 3.62. The SMILES string of the molecule is C#CCCNC1c2ccccc2OC1(C)C. The first-order valence-electron chi connectivity index (χ1n) is 5.60. The summed E-state index contributed by atoms with van der Waals surface area (Å²) in [6, 6.07) is 8.38. The van der Waals surface area contributed by atoms with E-state index in [4.69, 9.17) is 11.2 Å². The monoisotopic (exact) mass is 215 g/mol. The molecule has 0 amide bonds. The third kappa shape index (κ3) is 1.91. The van der Waals surface area contributed by atoms with Crippen molar-refractivity contribution in [3.8, 4) is 18.1 Å². The van der Waals surface area contributed by atoms with Gasteiger partial charge in [0, 0.05) is 18.5 Å². The van der Waals surface area contributed by atoms with Crippen LogP contribution in [0.1, 0.15) is 31.9 Å². The maximum atomic E-state index is 5.92. The molecule has 0 aliphatic carbocycles. The minimum absolute atomic E-state index is 0.210. The Labute approximate surface area is 97.0 Å². The van der Waals surface area contributed by atoms with Gasteiger partial charge in [-0.2, -0.15) is 0 Å². The van der Waals surface area contributed by atoms with Gasteiger partial charge < -0.3 is 10.1 Å². The summed E-state index contributed by atoms with van der Waals surface area (Å²) < 4.78 is 5.92. The molecule has 2 nitrogen and oxygen atoms in total. The highest BCUT2D eigenvalue weighted by molar-refractivity contribution is 5.42. The lowest BCUT2D eigenvalue weighted by Crippen LogP contribution is -2.39. The van der Waals surface area contributed by atoms with Gasteiger partial charge in [-0.05, 0) is 19.9 Å². The summed E-state index contributed by atoms with van der Waals surface area (Å²) in [6.07, 6.45) is 6.00. The molecule has 16 heavy (non-hydrogen) atoms. The highest BCUT2D eigenvalue weighted by Crippen LogP contribution is 2.42. The number of hydrogen-bond acceptors (Lipinski definition) is 2. The standard InChI is InChI=1S/C14H17NO/c1-4-5-10-15-13-11-8-6-7-9-12(11)16-14(13,2)3/h1,6-9,13,15H,5,10H2,2-3H3.